The number of rotatable bonds is 4. The minimum Gasteiger partial charge on any atom is -0.325 e. The van der Waals surface area contributed by atoms with Crippen molar-refractivity contribution in [3.05, 3.63) is 97.5 Å². The van der Waals surface area contributed by atoms with E-state index in [-0.39, 0.29) is 0 Å². The zero-order valence-electron chi connectivity index (χ0n) is 15.5. The Balaban J connectivity index is 1.64. The first-order chi connectivity index (χ1) is 14.3. The molecule has 0 fully saturated rings. The average Bonchev–Trinajstić information content (AvgIpc) is 2.80. The lowest BCUT2D eigenvalue weighted by molar-refractivity contribution is 1.14. The Morgan fingerprint density at radius 1 is 0.621 bits per heavy atom. The van der Waals surface area contributed by atoms with Crippen molar-refractivity contribution >= 4 is 22.4 Å². The topological polar surface area (TPSA) is 63.6 Å². The Morgan fingerprint density at radius 3 is 2.28 bits per heavy atom. The number of nitrogens with one attached hydrogen (secondary N) is 1. The van der Waals surface area contributed by atoms with E-state index in [1.54, 1.807) is 12.3 Å². The van der Waals surface area contributed by atoms with Gasteiger partial charge < -0.3 is 5.32 Å². The van der Waals surface area contributed by atoms with E-state index in [2.05, 4.69) is 45.6 Å². The molecule has 0 bridgehead atoms. The molecule has 2 heterocycles. The van der Waals surface area contributed by atoms with Gasteiger partial charge in [0.25, 0.3) is 0 Å². The van der Waals surface area contributed by atoms with Crippen LogP contribution in [0.5, 0.6) is 0 Å². The SMILES string of the molecule is c1ccc(-c2nc(Nc3ccncn3)cc(-c3ccc4ccccc4c3)n2)cc1. The van der Waals surface area contributed by atoms with Gasteiger partial charge in [-0.25, -0.2) is 19.9 Å². The number of nitrogens with zero attached hydrogens (tertiary/aromatic N) is 4. The van der Waals surface area contributed by atoms with Gasteiger partial charge >= 0.3 is 0 Å². The normalized spacial score (nSPS) is 10.8. The third-order valence-electron chi connectivity index (χ3n) is 4.64. The standard InChI is InChI=1S/C24H17N5/c1-2-7-18(8-3-1)24-27-21(15-23(29-24)28-22-12-13-25-16-26-22)20-11-10-17-6-4-5-9-19(17)14-20/h1-16H,(H,25,26,27,28,29). The van der Waals surface area contributed by atoms with Gasteiger partial charge in [-0.2, -0.15) is 0 Å². The van der Waals surface area contributed by atoms with Crippen molar-refractivity contribution in [3.8, 4) is 22.6 Å². The van der Waals surface area contributed by atoms with Crippen LogP contribution in [0.15, 0.2) is 97.5 Å². The summed E-state index contributed by atoms with van der Waals surface area (Å²) in [5, 5.41) is 5.64. The molecule has 0 saturated carbocycles. The average molecular weight is 375 g/mol. The summed E-state index contributed by atoms with van der Waals surface area (Å²) >= 11 is 0. The van der Waals surface area contributed by atoms with Crippen molar-refractivity contribution < 1.29 is 0 Å². The molecule has 29 heavy (non-hydrogen) atoms. The van der Waals surface area contributed by atoms with Crippen LogP contribution in [0.3, 0.4) is 0 Å². The second-order valence-corrected chi connectivity index (χ2v) is 6.61. The van der Waals surface area contributed by atoms with Crippen LogP contribution < -0.4 is 5.32 Å². The molecule has 0 atom stereocenters. The van der Waals surface area contributed by atoms with Crippen molar-refractivity contribution in [2.24, 2.45) is 0 Å². The zero-order chi connectivity index (χ0) is 19.5. The summed E-state index contributed by atoms with van der Waals surface area (Å²) in [5.74, 6) is 2.02. The maximum atomic E-state index is 4.84. The first-order valence-corrected chi connectivity index (χ1v) is 9.32. The number of hydrogen-bond acceptors (Lipinski definition) is 5. The Kier molecular flexibility index (Phi) is 4.39. The van der Waals surface area contributed by atoms with Crippen molar-refractivity contribution in [1.82, 2.24) is 19.9 Å². The quantitative estimate of drug-likeness (QED) is 0.449. The molecule has 5 aromatic rings. The zero-order valence-corrected chi connectivity index (χ0v) is 15.5. The van der Waals surface area contributed by atoms with Gasteiger partial charge in [0.1, 0.15) is 18.0 Å². The Morgan fingerprint density at radius 2 is 1.45 bits per heavy atom. The molecule has 2 aromatic heterocycles. The predicted octanol–water partition coefficient (Wildman–Crippen LogP) is 5.50. The van der Waals surface area contributed by atoms with Crippen molar-refractivity contribution in [2.75, 3.05) is 5.32 Å². The highest BCUT2D eigenvalue weighted by Gasteiger charge is 2.10. The smallest absolute Gasteiger partial charge is 0.162 e. The summed E-state index contributed by atoms with van der Waals surface area (Å²) in [6, 6.07) is 28.4. The molecule has 5 rings (SSSR count). The van der Waals surface area contributed by atoms with Crippen LogP contribution in [-0.2, 0) is 0 Å². The minimum absolute atomic E-state index is 0.660. The van der Waals surface area contributed by atoms with Gasteiger partial charge in [-0.1, -0.05) is 66.7 Å². The fourth-order valence-corrected chi connectivity index (χ4v) is 3.22. The van der Waals surface area contributed by atoms with Crippen LogP contribution in [0.4, 0.5) is 11.6 Å². The summed E-state index contributed by atoms with van der Waals surface area (Å²) in [5.41, 5.74) is 2.84. The van der Waals surface area contributed by atoms with Gasteiger partial charge in [0.2, 0.25) is 0 Å². The number of anilines is 2. The van der Waals surface area contributed by atoms with Crippen molar-refractivity contribution in [3.63, 3.8) is 0 Å². The lowest BCUT2D eigenvalue weighted by atomic mass is 10.0. The van der Waals surface area contributed by atoms with Crippen LogP contribution in [0.25, 0.3) is 33.4 Å². The number of benzene rings is 3. The summed E-state index contributed by atoms with van der Waals surface area (Å²) in [4.78, 5) is 17.7. The third kappa shape index (κ3) is 3.66. The van der Waals surface area contributed by atoms with Gasteiger partial charge in [0.05, 0.1) is 5.69 Å². The van der Waals surface area contributed by atoms with Crippen LogP contribution in [0.2, 0.25) is 0 Å². The highest BCUT2D eigenvalue weighted by Crippen LogP contribution is 2.28. The molecular formula is C24H17N5. The third-order valence-corrected chi connectivity index (χ3v) is 4.64. The number of hydrogen-bond donors (Lipinski definition) is 1. The molecule has 0 saturated heterocycles. The van der Waals surface area contributed by atoms with Gasteiger partial charge in [-0.05, 0) is 22.9 Å². The van der Waals surface area contributed by atoms with Crippen LogP contribution >= 0.6 is 0 Å². The molecule has 0 radical (unpaired) electrons. The van der Waals surface area contributed by atoms with Crippen LogP contribution in [-0.4, -0.2) is 19.9 Å². The predicted molar refractivity (Wildman–Crippen MR) is 116 cm³/mol. The maximum Gasteiger partial charge on any atom is 0.162 e. The molecule has 0 unspecified atom stereocenters. The van der Waals surface area contributed by atoms with E-state index in [9.17, 15) is 0 Å². The summed E-state index contributed by atoms with van der Waals surface area (Å²) in [7, 11) is 0. The van der Waals surface area contributed by atoms with E-state index in [1.165, 1.54) is 17.1 Å². The van der Waals surface area contributed by atoms with Gasteiger partial charge in [-0.15, -0.1) is 0 Å². The van der Waals surface area contributed by atoms with Gasteiger partial charge in [0, 0.05) is 23.4 Å². The lowest BCUT2D eigenvalue weighted by Crippen LogP contribution is -2.00. The molecule has 0 aliphatic carbocycles. The molecule has 0 aliphatic heterocycles. The van der Waals surface area contributed by atoms with E-state index >= 15 is 0 Å². The summed E-state index contributed by atoms with van der Waals surface area (Å²) < 4.78 is 0. The molecule has 0 amide bonds. The Labute approximate surface area is 168 Å². The fourth-order valence-electron chi connectivity index (χ4n) is 3.22. The molecular weight excluding hydrogens is 358 g/mol. The molecule has 5 heteroatoms. The van der Waals surface area contributed by atoms with Crippen molar-refractivity contribution in [1.29, 1.82) is 0 Å². The molecule has 0 aliphatic rings. The Hall–Kier alpha value is -4.12. The van der Waals surface area contributed by atoms with E-state index < -0.39 is 0 Å². The largest absolute Gasteiger partial charge is 0.325 e. The summed E-state index contributed by atoms with van der Waals surface area (Å²) in [6.45, 7) is 0. The highest BCUT2D eigenvalue weighted by molar-refractivity contribution is 5.87. The van der Waals surface area contributed by atoms with Crippen molar-refractivity contribution in [2.45, 2.75) is 0 Å². The first-order valence-electron chi connectivity index (χ1n) is 9.32. The summed E-state index contributed by atoms with van der Waals surface area (Å²) in [6.07, 6.45) is 3.20. The highest BCUT2D eigenvalue weighted by atomic mass is 15.1. The van der Waals surface area contributed by atoms with E-state index in [0.29, 0.717) is 17.5 Å². The maximum absolute atomic E-state index is 4.84. The molecule has 0 spiro atoms. The van der Waals surface area contributed by atoms with Crippen LogP contribution in [0.1, 0.15) is 0 Å². The minimum atomic E-state index is 0.660. The van der Waals surface area contributed by atoms with E-state index in [4.69, 9.17) is 9.97 Å². The second kappa shape index (κ2) is 7.48. The van der Waals surface area contributed by atoms with Gasteiger partial charge in [-0.3, -0.25) is 0 Å². The lowest BCUT2D eigenvalue weighted by Gasteiger charge is -2.10. The van der Waals surface area contributed by atoms with E-state index in [1.807, 2.05) is 48.5 Å². The Bertz CT molecular complexity index is 1270. The monoisotopic (exact) mass is 375 g/mol. The molecule has 3 aromatic carbocycles. The molecule has 138 valence electrons. The van der Waals surface area contributed by atoms with Crippen LogP contribution in [0, 0.1) is 0 Å². The molecule has 1 N–H and O–H groups in total. The number of fused-ring (bicyclic) bond motifs is 1. The second-order valence-electron chi connectivity index (χ2n) is 6.61. The number of aromatic nitrogens is 4. The van der Waals surface area contributed by atoms with Gasteiger partial charge in [0.15, 0.2) is 5.82 Å². The van der Waals surface area contributed by atoms with E-state index in [0.717, 1.165) is 16.8 Å². The fraction of sp³-hybridized carbons (Fsp3) is 0. The first kappa shape index (κ1) is 17.0. The molecule has 5 nitrogen and oxygen atoms in total.